The molecule has 0 saturated heterocycles. The van der Waals surface area contributed by atoms with Crippen LogP contribution in [0.15, 0.2) is 23.1 Å². The van der Waals surface area contributed by atoms with Crippen molar-refractivity contribution in [1.29, 1.82) is 0 Å². The summed E-state index contributed by atoms with van der Waals surface area (Å²) < 4.78 is 26.4. The Balaban J connectivity index is 0.00000484. The van der Waals surface area contributed by atoms with Crippen LogP contribution >= 0.6 is 12.4 Å². The molecule has 0 aliphatic carbocycles. The lowest BCUT2D eigenvalue weighted by Crippen LogP contribution is -2.27. The number of nitro benzene ring substituents is 2. The van der Waals surface area contributed by atoms with E-state index in [0.29, 0.717) is 19.0 Å². The van der Waals surface area contributed by atoms with Crippen molar-refractivity contribution in [3.63, 3.8) is 0 Å². The van der Waals surface area contributed by atoms with Crippen molar-refractivity contribution in [2.75, 3.05) is 27.2 Å². The fourth-order valence-corrected chi connectivity index (χ4v) is 2.75. The van der Waals surface area contributed by atoms with E-state index in [4.69, 9.17) is 0 Å². The molecule has 0 heterocycles. The highest BCUT2D eigenvalue weighted by atomic mass is 35.5. The van der Waals surface area contributed by atoms with E-state index in [1.165, 1.54) is 0 Å². The molecule has 0 saturated carbocycles. The van der Waals surface area contributed by atoms with Gasteiger partial charge in [-0.2, -0.15) is 0 Å². The van der Waals surface area contributed by atoms with Crippen LogP contribution in [0.25, 0.3) is 0 Å². The van der Waals surface area contributed by atoms with Gasteiger partial charge in [-0.3, -0.25) is 20.2 Å². The zero-order valence-corrected chi connectivity index (χ0v) is 14.1. The van der Waals surface area contributed by atoms with Crippen LogP contribution in [0.3, 0.4) is 0 Å². The average molecular weight is 369 g/mol. The van der Waals surface area contributed by atoms with E-state index in [0.717, 1.165) is 12.1 Å². The molecule has 0 unspecified atom stereocenters. The van der Waals surface area contributed by atoms with Crippen LogP contribution in [0, 0.1) is 20.2 Å². The zero-order valence-electron chi connectivity index (χ0n) is 12.5. The van der Waals surface area contributed by atoms with Crippen molar-refractivity contribution in [2.45, 2.75) is 11.3 Å². The molecule has 0 amide bonds. The molecule has 12 heteroatoms. The maximum Gasteiger partial charge on any atom is 0.277 e. The molecule has 0 bridgehead atoms. The van der Waals surface area contributed by atoms with E-state index >= 15 is 0 Å². The Morgan fingerprint density at radius 2 is 1.57 bits per heavy atom. The monoisotopic (exact) mass is 368 g/mol. The largest absolute Gasteiger partial charge is 0.309 e. The molecular weight excluding hydrogens is 352 g/mol. The first kappa shape index (κ1) is 21.2. The third-order valence-corrected chi connectivity index (χ3v) is 4.12. The first-order valence-corrected chi connectivity index (χ1v) is 7.70. The van der Waals surface area contributed by atoms with Gasteiger partial charge in [-0.1, -0.05) is 0 Å². The fourth-order valence-electron chi connectivity index (χ4n) is 1.62. The number of hydrogen-bond acceptors (Lipinski definition) is 7. The number of halogens is 1. The molecule has 1 rings (SSSR count). The standard InChI is InChI=1S/C11H16N4O6S.ClH/c1-13(2)5-3-4-12-22(20,21)11-7-9(14(16)17)6-10(8-11)15(18)19;/h6-8,12H,3-5H2,1-2H3;1H. The van der Waals surface area contributed by atoms with E-state index in [1.807, 2.05) is 19.0 Å². The molecule has 1 N–H and O–H groups in total. The second-order valence-electron chi connectivity index (χ2n) is 4.75. The lowest BCUT2D eigenvalue weighted by Gasteiger charge is -2.10. The molecule has 0 aliphatic rings. The third-order valence-electron chi connectivity index (χ3n) is 2.68. The summed E-state index contributed by atoms with van der Waals surface area (Å²) in [4.78, 5) is 21.1. The van der Waals surface area contributed by atoms with Gasteiger partial charge >= 0.3 is 0 Å². The fraction of sp³-hybridized carbons (Fsp3) is 0.455. The average Bonchev–Trinajstić information content (AvgIpc) is 2.42. The number of nitro groups is 2. The molecule has 10 nitrogen and oxygen atoms in total. The van der Waals surface area contributed by atoms with Gasteiger partial charge in [0.25, 0.3) is 11.4 Å². The molecular formula is C11H17ClN4O6S. The van der Waals surface area contributed by atoms with Crippen LogP contribution in [-0.2, 0) is 10.0 Å². The number of sulfonamides is 1. The zero-order chi connectivity index (χ0) is 16.9. The predicted octanol–water partition coefficient (Wildman–Crippen LogP) is 1.15. The van der Waals surface area contributed by atoms with Crippen LogP contribution in [0.2, 0.25) is 0 Å². The topological polar surface area (TPSA) is 136 Å². The first-order valence-electron chi connectivity index (χ1n) is 6.22. The summed E-state index contributed by atoms with van der Waals surface area (Å²) >= 11 is 0. The minimum atomic E-state index is -4.05. The van der Waals surface area contributed by atoms with Gasteiger partial charge in [0.2, 0.25) is 10.0 Å². The van der Waals surface area contributed by atoms with Gasteiger partial charge in [0.1, 0.15) is 0 Å². The molecule has 0 radical (unpaired) electrons. The van der Waals surface area contributed by atoms with Gasteiger partial charge in [-0.25, -0.2) is 13.1 Å². The maximum absolute atomic E-state index is 12.1. The number of nitrogens with one attached hydrogen (secondary N) is 1. The minimum Gasteiger partial charge on any atom is -0.309 e. The Bertz CT molecular complexity index is 647. The highest BCUT2D eigenvalue weighted by molar-refractivity contribution is 7.89. The molecule has 0 aliphatic heterocycles. The highest BCUT2D eigenvalue weighted by Crippen LogP contribution is 2.25. The molecule has 1 aromatic rings. The lowest BCUT2D eigenvalue weighted by molar-refractivity contribution is -0.394. The van der Waals surface area contributed by atoms with Gasteiger partial charge in [-0.05, 0) is 27.1 Å². The van der Waals surface area contributed by atoms with E-state index in [-0.39, 0.29) is 19.0 Å². The molecule has 0 atom stereocenters. The van der Waals surface area contributed by atoms with Crippen molar-refractivity contribution in [2.24, 2.45) is 0 Å². The molecule has 0 aromatic heterocycles. The van der Waals surface area contributed by atoms with Crippen LogP contribution in [0.1, 0.15) is 6.42 Å². The number of nitrogens with zero attached hydrogens (tertiary/aromatic N) is 3. The van der Waals surface area contributed by atoms with Crippen LogP contribution in [-0.4, -0.2) is 50.3 Å². The second-order valence-corrected chi connectivity index (χ2v) is 6.52. The summed E-state index contributed by atoms with van der Waals surface area (Å²) in [7, 11) is -0.384. The van der Waals surface area contributed by atoms with Crippen molar-refractivity contribution < 1.29 is 18.3 Å². The number of rotatable bonds is 8. The summed E-state index contributed by atoms with van der Waals surface area (Å²) in [5, 5.41) is 21.5. The summed E-state index contributed by atoms with van der Waals surface area (Å²) in [5.74, 6) is 0. The SMILES string of the molecule is CN(C)CCCNS(=O)(=O)c1cc([N+](=O)[O-])cc([N+](=O)[O-])c1.Cl. The smallest absolute Gasteiger partial charge is 0.277 e. The van der Waals surface area contributed by atoms with Crippen LogP contribution < -0.4 is 4.72 Å². The summed E-state index contributed by atoms with van der Waals surface area (Å²) in [6, 6.07) is 2.30. The molecule has 1 aromatic carbocycles. The second kappa shape index (κ2) is 8.72. The predicted molar refractivity (Wildman–Crippen MR) is 85.4 cm³/mol. The van der Waals surface area contributed by atoms with E-state index in [2.05, 4.69) is 4.72 Å². The Labute approximate surface area is 139 Å². The Morgan fingerprint density at radius 3 is 1.96 bits per heavy atom. The number of benzene rings is 1. The van der Waals surface area contributed by atoms with Crippen molar-refractivity contribution in [1.82, 2.24) is 9.62 Å². The quantitative estimate of drug-likeness (QED) is 0.413. The van der Waals surface area contributed by atoms with Crippen LogP contribution in [0.5, 0.6) is 0 Å². The third kappa shape index (κ3) is 6.44. The van der Waals surface area contributed by atoms with Crippen molar-refractivity contribution in [3.8, 4) is 0 Å². The van der Waals surface area contributed by atoms with Gasteiger partial charge < -0.3 is 4.90 Å². The highest BCUT2D eigenvalue weighted by Gasteiger charge is 2.23. The van der Waals surface area contributed by atoms with E-state index < -0.39 is 36.1 Å². The lowest BCUT2D eigenvalue weighted by atomic mass is 10.3. The molecule has 0 spiro atoms. The van der Waals surface area contributed by atoms with E-state index in [9.17, 15) is 28.6 Å². The summed E-state index contributed by atoms with van der Waals surface area (Å²) in [5.41, 5.74) is -1.30. The van der Waals surface area contributed by atoms with E-state index in [1.54, 1.807) is 0 Å². The van der Waals surface area contributed by atoms with Crippen molar-refractivity contribution in [3.05, 3.63) is 38.4 Å². The first-order chi connectivity index (χ1) is 10.1. The summed E-state index contributed by atoms with van der Waals surface area (Å²) in [6.45, 7) is 0.772. The molecule has 0 fully saturated rings. The Kier molecular flexibility index (Phi) is 8.03. The van der Waals surface area contributed by atoms with Gasteiger partial charge in [-0.15, -0.1) is 12.4 Å². The van der Waals surface area contributed by atoms with Gasteiger partial charge in [0.05, 0.1) is 20.8 Å². The van der Waals surface area contributed by atoms with Crippen LogP contribution in [0.4, 0.5) is 11.4 Å². The maximum atomic E-state index is 12.1. The molecule has 23 heavy (non-hydrogen) atoms. The Hall–Kier alpha value is -1.82. The number of hydrogen-bond donors (Lipinski definition) is 1. The molecule has 130 valence electrons. The summed E-state index contributed by atoms with van der Waals surface area (Å²) in [6.07, 6.45) is 0.531. The Morgan fingerprint density at radius 1 is 1.09 bits per heavy atom. The normalized spacial score (nSPS) is 11.1. The van der Waals surface area contributed by atoms with Gasteiger partial charge in [0.15, 0.2) is 0 Å². The number of non-ortho nitro benzene ring substituents is 2. The van der Waals surface area contributed by atoms with Crippen molar-refractivity contribution >= 4 is 33.8 Å². The minimum absolute atomic E-state index is 0. The van der Waals surface area contributed by atoms with Gasteiger partial charge in [0, 0.05) is 18.7 Å².